The molecule has 15 heavy (non-hydrogen) atoms. The quantitative estimate of drug-likeness (QED) is 0.702. The molecule has 86 valence electrons. The number of aliphatic hydroxyl groups is 1. The molecule has 3 aliphatic rings. The van der Waals surface area contributed by atoms with Crippen molar-refractivity contribution < 1.29 is 9.84 Å². The second-order valence-corrected chi connectivity index (χ2v) is 5.35. The third kappa shape index (κ3) is 1.52. The molecule has 1 N–H and O–H groups in total. The van der Waals surface area contributed by atoms with Gasteiger partial charge in [0.15, 0.2) is 0 Å². The fourth-order valence-corrected chi connectivity index (χ4v) is 3.72. The monoisotopic (exact) mass is 211 g/mol. The Bertz CT molecular complexity index is 240. The fraction of sp³-hybridized carbons (Fsp3) is 1.00. The van der Waals surface area contributed by atoms with E-state index in [9.17, 15) is 5.11 Å². The summed E-state index contributed by atoms with van der Waals surface area (Å²) >= 11 is 0. The smallest absolute Gasteiger partial charge is 0.0865 e. The van der Waals surface area contributed by atoms with E-state index in [2.05, 4.69) is 4.90 Å². The molecule has 3 fully saturated rings. The minimum absolute atomic E-state index is 0.394. The molecule has 3 atom stereocenters. The third-order valence-corrected chi connectivity index (χ3v) is 4.63. The standard InChI is InChI=1S/C12H21NO2/c14-12(10-4-8-15-9-10)5-7-13-6-2-1-3-11(12)13/h10-11,14H,1-9H2. The summed E-state index contributed by atoms with van der Waals surface area (Å²) in [6, 6.07) is 0.429. The molecular formula is C12H21NO2. The van der Waals surface area contributed by atoms with E-state index in [4.69, 9.17) is 4.74 Å². The van der Waals surface area contributed by atoms with E-state index in [-0.39, 0.29) is 0 Å². The van der Waals surface area contributed by atoms with Gasteiger partial charge in [0.2, 0.25) is 0 Å². The Morgan fingerprint density at radius 2 is 2.13 bits per heavy atom. The zero-order valence-corrected chi connectivity index (χ0v) is 9.32. The maximum absolute atomic E-state index is 10.9. The molecule has 3 unspecified atom stereocenters. The van der Waals surface area contributed by atoms with Crippen LogP contribution in [0.2, 0.25) is 0 Å². The van der Waals surface area contributed by atoms with Gasteiger partial charge in [-0.2, -0.15) is 0 Å². The average molecular weight is 211 g/mol. The maximum atomic E-state index is 10.9. The molecule has 3 rings (SSSR count). The first kappa shape index (κ1) is 10.1. The number of piperidine rings is 1. The minimum Gasteiger partial charge on any atom is -0.388 e. The molecule has 0 aromatic rings. The highest BCUT2D eigenvalue weighted by Gasteiger charge is 2.51. The van der Waals surface area contributed by atoms with Gasteiger partial charge in [-0.15, -0.1) is 0 Å². The van der Waals surface area contributed by atoms with Crippen LogP contribution in [0.4, 0.5) is 0 Å². The lowest BCUT2D eigenvalue weighted by Crippen LogP contribution is -2.51. The summed E-state index contributed by atoms with van der Waals surface area (Å²) in [6.45, 7) is 3.92. The van der Waals surface area contributed by atoms with Gasteiger partial charge in [0.25, 0.3) is 0 Å². The van der Waals surface area contributed by atoms with Crippen molar-refractivity contribution in [2.75, 3.05) is 26.3 Å². The van der Waals surface area contributed by atoms with Gasteiger partial charge in [0.05, 0.1) is 12.2 Å². The summed E-state index contributed by atoms with van der Waals surface area (Å²) in [5.74, 6) is 0.394. The summed E-state index contributed by atoms with van der Waals surface area (Å²) in [7, 11) is 0. The first-order chi connectivity index (χ1) is 7.31. The van der Waals surface area contributed by atoms with Crippen molar-refractivity contribution in [3.05, 3.63) is 0 Å². The van der Waals surface area contributed by atoms with Gasteiger partial charge in [-0.05, 0) is 32.2 Å². The van der Waals surface area contributed by atoms with Crippen LogP contribution in [0.5, 0.6) is 0 Å². The molecule has 0 bridgehead atoms. The number of fused-ring (bicyclic) bond motifs is 1. The van der Waals surface area contributed by atoms with E-state index < -0.39 is 5.60 Å². The lowest BCUT2D eigenvalue weighted by molar-refractivity contribution is -0.0578. The van der Waals surface area contributed by atoms with Gasteiger partial charge in [-0.25, -0.2) is 0 Å². The first-order valence-electron chi connectivity index (χ1n) is 6.35. The Kier molecular flexibility index (Phi) is 2.49. The highest BCUT2D eigenvalue weighted by Crippen LogP contribution is 2.42. The van der Waals surface area contributed by atoms with Gasteiger partial charge >= 0.3 is 0 Å². The van der Waals surface area contributed by atoms with Crippen molar-refractivity contribution in [1.29, 1.82) is 0 Å². The molecular weight excluding hydrogens is 190 g/mol. The molecule has 3 heteroatoms. The molecule has 0 aromatic carbocycles. The zero-order valence-electron chi connectivity index (χ0n) is 9.32. The fourth-order valence-electron chi connectivity index (χ4n) is 3.72. The summed E-state index contributed by atoms with van der Waals surface area (Å²) < 4.78 is 5.44. The normalized spacial score (nSPS) is 47.0. The largest absolute Gasteiger partial charge is 0.388 e. The Balaban J connectivity index is 1.78. The Morgan fingerprint density at radius 3 is 2.93 bits per heavy atom. The van der Waals surface area contributed by atoms with E-state index in [0.717, 1.165) is 32.6 Å². The van der Waals surface area contributed by atoms with Crippen molar-refractivity contribution >= 4 is 0 Å². The summed E-state index contributed by atoms with van der Waals surface area (Å²) in [5, 5.41) is 10.9. The van der Waals surface area contributed by atoms with Crippen LogP contribution in [0.1, 0.15) is 32.1 Å². The second-order valence-electron chi connectivity index (χ2n) is 5.35. The topological polar surface area (TPSA) is 32.7 Å². The number of hydrogen-bond donors (Lipinski definition) is 1. The van der Waals surface area contributed by atoms with Crippen LogP contribution in [0.25, 0.3) is 0 Å². The van der Waals surface area contributed by atoms with E-state index in [0.29, 0.717) is 12.0 Å². The minimum atomic E-state index is -0.434. The SMILES string of the molecule is OC1(C2CCOC2)CCN2CCCCC21. The van der Waals surface area contributed by atoms with Crippen LogP contribution in [-0.4, -0.2) is 48.0 Å². The van der Waals surface area contributed by atoms with Gasteiger partial charge in [0.1, 0.15) is 0 Å². The van der Waals surface area contributed by atoms with Crippen LogP contribution in [0.3, 0.4) is 0 Å². The summed E-state index contributed by atoms with van der Waals surface area (Å²) in [6.07, 6.45) is 5.81. The lowest BCUT2D eigenvalue weighted by Gasteiger charge is -2.40. The van der Waals surface area contributed by atoms with Crippen molar-refractivity contribution in [2.45, 2.75) is 43.7 Å². The number of hydrogen-bond acceptors (Lipinski definition) is 3. The van der Waals surface area contributed by atoms with Crippen molar-refractivity contribution in [3.63, 3.8) is 0 Å². The number of rotatable bonds is 1. The second kappa shape index (κ2) is 3.72. The molecule has 3 saturated heterocycles. The van der Waals surface area contributed by atoms with Gasteiger partial charge in [0, 0.05) is 25.1 Å². The van der Waals surface area contributed by atoms with Gasteiger partial charge in [-0.3, -0.25) is 4.90 Å². The van der Waals surface area contributed by atoms with Crippen molar-refractivity contribution in [1.82, 2.24) is 4.90 Å². The molecule has 0 aliphatic carbocycles. The molecule has 0 amide bonds. The molecule has 0 radical (unpaired) electrons. The van der Waals surface area contributed by atoms with E-state index in [1.54, 1.807) is 0 Å². The average Bonchev–Trinajstić information content (AvgIpc) is 2.88. The van der Waals surface area contributed by atoms with E-state index in [1.807, 2.05) is 0 Å². The van der Waals surface area contributed by atoms with Crippen LogP contribution >= 0.6 is 0 Å². The van der Waals surface area contributed by atoms with Crippen LogP contribution < -0.4 is 0 Å². The predicted molar refractivity (Wildman–Crippen MR) is 57.7 cm³/mol. The molecule has 3 heterocycles. The number of ether oxygens (including phenoxy) is 1. The van der Waals surface area contributed by atoms with E-state index >= 15 is 0 Å². The highest BCUT2D eigenvalue weighted by molar-refractivity contribution is 5.05. The Morgan fingerprint density at radius 1 is 1.20 bits per heavy atom. The highest BCUT2D eigenvalue weighted by atomic mass is 16.5. The van der Waals surface area contributed by atoms with Gasteiger partial charge < -0.3 is 9.84 Å². The number of nitrogens with zero attached hydrogens (tertiary/aromatic N) is 1. The molecule has 3 nitrogen and oxygen atoms in total. The third-order valence-electron chi connectivity index (χ3n) is 4.63. The van der Waals surface area contributed by atoms with Crippen LogP contribution in [-0.2, 0) is 4.74 Å². The van der Waals surface area contributed by atoms with Crippen molar-refractivity contribution in [2.24, 2.45) is 5.92 Å². The molecule has 3 aliphatic heterocycles. The van der Waals surface area contributed by atoms with E-state index in [1.165, 1.54) is 25.8 Å². The molecule has 0 spiro atoms. The van der Waals surface area contributed by atoms with Gasteiger partial charge in [-0.1, -0.05) is 6.42 Å². The first-order valence-corrected chi connectivity index (χ1v) is 6.35. The lowest BCUT2D eigenvalue weighted by atomic mass is 9.78. The Hall–Kier alpha value is -0.120. The molecule has 0 aromatic heterocycles. The summed E-state index contributed by atoms with van der Waals surface area (Å²) in [4.78, 5) is 2.50. The predicted octanol–water partition coefficient (Wildman–Crippen LogP) is 1.01. The maximum Gasteiger partial charge on any atom is 0.0865 e. The Labute approximate surface area is 91.4 Å². The zero-order chi connectivity index (χ0) is 10.3. The summed E-state index contributed by atoms with van der Waals surface area (Å²) in [5.41, 5.74) is -0.434. The molecule has 0 saturated carbocycles. The van der Waals surface area contributed by atoms with Crippen molar-refractivity contribution in [3.8, 4) is 0 Å². The van der Waals surface area contributed by atoms with Crippen LogP contribution in [0, 0.1) is 5.92 Å². The van der Waals surface area contributed by atoms with Crippen LogP contribution in [0.15, 0.2) is 0 Å².